The smallest absolute Gasteiger partial charge is 0.822 e. The van der Waals surface area contributed by atoms with Crippen LogP contribution < -0.4 is 19.8 Å². The number of aliphatic hydroxyl groups excluding tert-OH is 1. The molecule has 1 atom stereocenters. The first-order chi connectivity index (χ1) is 4.64. The molecular formula is C3H5Ca4O7P+4. The predicted molar refractivity (Wildman–Crippen MR) is 47.3 cm³/mol. The molecule has 0 fully saturated rings. The third-order valence-electron chi connectivity index (χ3n) is 0.341. The van der Waals surface area contributed by atoms with Gasteiger partial charge in [0.05, 0.1) is 12.1 Å². The van der Waals surface area contributed by atoms with Gasteiger partial charge in [0, 0.05) is 0 Å². The van der Waals surface area contributed by atoms with Crippen LogP contribution in [0.25, 0.3) is 0 Å². The number of hydrogen-bond donors (Lipinski definition) is 1. The molecule has 15 heavy (non-hydrogen) atoms. The summed E-state index contributed by atoms with van der Waals surface area (Å²) in [5.74, 6) is -1.44. The van der Waals surface area contributed by atoms with E-state index in [4.69, 9.17) is 24.4 Å². The summed E-state index contributed by atoms with van der Waals surface area (Å²) in [6, 6.07) is 0. The Morgan fingerprint density at radius 2 is 1.20 bits per heavy atom. The van der Waals surface area contributed by atoms with Crippen molar-refractivity contribution in [3.63, 3.8) is 0 Å². The number of rotatable bonds is 1. The number of carboxylic acid groups (broad SMARTS) is 1. The molecule has 0 rings (SSSR count). The molecule has 1 unspecified atom stereocenters. The van der Waals surface area contributed by atoms with Crippen LogP contribution in [0.2, 0.25) is 0 Å². The summed E-state index contributed by atoms with van der Waals surface area (Å²) >= 11 is 0. The molecule has 68 valence electrons. The fraction of sp³-hybridized carbons (Fsp3) is 0.667. The molecule has 7 nitrogen and oxygen atoms in total. The maximum absolute atomic E-state index is 9.34. The van der Waals surface area contributed by atoms with Crippen LogP contribution in [-0.2, 0) is 9.36 Å². The van der Waals surface area contributed by atoms with E-state index < -0.39 is 19.9 Å². The van der Waals surface area contributed by atoms with Crippen LogP contribution in [-0.4, -0.2) is 168 Å². The third-order valence-corrected chi connectivity index (χ3v) is 0.341. The number of aliphatic carboxylic acids is 1. The van der Waals surface area contributed by atoms with E-state index in [1.165, 1.54) is 0 Å². The van der Waals surface area contributed by atoms with Gasteiger partial charge in [-0.25, -0.2) is 0 Å². The molecule has 0 aromatic heterocycles. The van der Waals surface area contributed by atoms with Crippen LogP contribution in [0, 0.1) is 0 Å². The number of hydrogen-bond acceptors (Lipinski definition) is 7. The van der Waals surface area contributed by atoms with Gasteiger partial charge in [-0.2, -0.15) is 7.82 Å². The summed E-state index contributed by atoms with van der Waals surface area (Å²) in [7, 11) is -5.39. The van der Waals surface area contributed by atoms with Gasteiger partial charge in [-0.3, -0.25) is 0 Å². The third kappa shape index (κ3) is 69.4. The van der Waals surface area contributed by atoms with Crippen LogP contribution in [0.15, 0.2) is 0 Å². The fourth-order valence-corrected chi connectivity index (χ4v) is 0. The molecular weight excluding hydrogens is 339 g/mol. The van der Waals surface area contributed by atoms with Crippen LogP contribution in [0.3, 0.4) is 0 Å². The van der Waals surface area contributed by atoms with Gasteiger partial charge < -0.3 is 34.3 Å². The molecule has 0 spiro atoms. The minimum atomic E-state index is -5.39. The zero-order chi connectivity index (χ0) is 9.65. The summed E-state index contributed by atoms with van der Waals surface area (Å²) in [5.41, 5.74) is 0. The molecule has 0 aromatic rings. The largest absolute Gasteiger partial charge is 2.00 e. The van der Waals surface area contributed by atoms with Crippen molar-refractivity contribution in [1.29, 1.82) is 0 Å². The Labute approximate surface area is 207 Å². The molecule has 0 aliphatic heterocycles. The standard InChI is InChI=1S/C3H6O3.4Ca.H3O4P/c1-2(4)3(5)6;;;;;1-5(2,3)4/h2,4H,1H3,(H,5,6);;;;;(H3,1,2,3,4)/q;4*+2;/p-4. The van der Waals surface area contributed by atoms with Crippen molar-refractivity contribution >= 4 is 165 Å². The van der Waals surface area contributed by atoms with E-state index in [1.54, 1.807) is 0 Å². The first kappa shape index (κ1) is 36.7. The molecule has 1 N–H and O–H groups in total. The summed E-state index contributed by atoms with van der Waals surface area (Å²) in [5, 5.41) is 17.3. The first-order valence-corrected chi connectivity index (χ1v) is 3.72. The van der Waals surface area contributed by atoms with Gasteiger partial charge in [-0.15, -0.1) is 0 Å². The van der Waals surface area contributed by atoms with Crippen LogP contribution in [0.5, 0.6) is 0 Å². The van der Waals surface area contributed by atoms with Crippen LogP contribution in [0.4, 0.5) is 0 Å². The number of phosphoric acid groups is 1. The van der Waals surface area contributed by atoms with E-state index in [2.05, 4.69) is 0 Å². The molecule has 0 saturated heterocycles. The van der Waals surface area contributed by atoms with Crippen molar-refractivity contribution in [2.75, 3.05) is 0 Å². The van der Waals surface area contributed by atoms with Gasteiger partial charge >= 0.3 is 151 Å². The van der Waals surface area contributed by atoms with Crippen molar-refractivity contribution in [2.24, 2.45) is 0 Å². The number of carbonyl (C=O) groups excluding carboxylic acids is 1. The normalized spacial score (nSPS) is 9.40. The second-order valence-electron chi connectivity index (χ2n) is 1.44. The van der Waals surface area contributed by atoms with Gasteiger partial charge in [0.15, 0.2) is 0 Å². The average Bonchev–Trinajstić information content (AvgIpc) is 1.59. The van der Waals surface area contributed by atoms with Crippen molar-refractivity contribution < 1.29 is 34.3 Å². The van der Waals surface area contributed by atoms with Gasteiger partial charge in [0.2, 0.25) is 0 Å². The minimum absolute atomic E-state index is 0. The monoisotopic (exact) mass is 344 g/mol. The van der Waals surface area contributed by atoms with E-state index in [-0.39, 0.29) is 151 Å². The molecule has 0 aromatic carbocycles. The van der Waals surface area contributed by atoms with Gasteiger partial charge in [-0.05, 0) is 6.92 Å². The molecule has 0 bridgehead atoms. The van der Waals surface area contributed by atoms with Crippen molar-refractivity contribution in [1.82, 2.24) is 0 Å². The molecule has 0 aliphatic carbocycles. The summed E-state index contributed by atoms with van der Waals surface area (Å²) in [6.07, 6.45) is -1.34. The maximum atomic E-state index is 9.34. The van der Waals surface area contributed by atoms with Gasteiger partial charge in [0.25, 0.3) is 0 Å². The average molecular weight is 344 g/mol. The zero-order valence-electron chi connectivity index (χ0n) is 8.25. The molecule has 0 saturated carbocycles. The Bertz CT molecular complexity index is 161. The summed E-state index contributed by atoms with van der Waals surface area (Å²) in [6.45, 7) is 1.13. The van der Waals surface area contributed by atoms with Gasteiger partial charge in [-0.1, -0.05) is 0 Å². The minimum Gasteiger partial charge on any atom is -0.822 e. The Balaban J connectivity index is -0.0000000215. The Morgan fingerprint density at radius 1 is 1.13 bits per heavy atom. The number of aliphatic hydroxyl groups is 1. The number of carboxylic acids is 1. The van der Waals surface area contributed by atoms with Gasteiger partial charge in [0.1, 0.15) is 0 Å². The van der Waals surface area contributed by atoms with E-state index in [9.17, 15) is 9.90 Å². The Morgan fingerprint density at radius 3 is 1.20 bits per heavy atom. The SMILES string of the molecule is CC(O)C(=O)[O-].O=P([O-])([O-])[O-].[Ca+2].[Ca+2].[Ca+2].[Ca+2]. The van der Waals surface area contributed by atoms with Crippen molar-refractivity contribution in [3.8, 4) is 0 Å². The topological polar surface area (TPSA) is 147 Å². The second-order valence-corrected chi connectivity index (χ2v) is 2.34. The predicted octanol–water partition coefficient (Wildman–Crippen LogP) is -6.23. The first-order valence-electron chi connectivity index (χ1n) is 2.26. The zero-order valence-corrected chi connectivity index (χ0v) is 18.0. The van der Waals surface area contributed by atoms with E-state index in [1.807, 2.05) is 0 Å². The van der Waals surface area contributed by atoms with Crippen LogP contribution in [0.1, 0.15) is 6.92 Å². The van der Waals surface area contributed by atoms with Crippen molar-refractivity contribution in [3.05, 3.63) is 0 Å². The van der Waals surface area contributed by atoms with E-state index >= 15 is 0 Å². The Kier molecular flexibility index (Phi) is 51.0. The Hall–Kier alpha value is 4.58. The second kappa shape index (κ2) is 20.9. The molecule has 12 heteroatoms. The van der Waals surface area contributed by atoms with Crippen LogP contribution >= 0.6 is 7.82 Å². The van der Waals surface area contributed by atoms with E-state index in [0.29, 0.717) is 0 Å². The quantitative estimate of drug-likeness (QED) is 0.368. The van der Waals surface area contributed by atoms with Crippen molar-refractivity contribution in [2.45, 2.75) is 13.0 Å². The van der Waals surface area contributed by atoms with E-state index in [0.717, 1.165) is 6.92 Å². The maximum Gasteiger partial charge on any atom is 2.00 e. The molecule has 0 aliphatic rings. The summed E-state index contributed by atoms with van der Waals surface area (Å²) in [4.78, 5) is 35.0. The molecule has 0 radical (unpaired) electrons. The summed E-state index contributed by atoms with van der Waals surface area (Å²) < 4.78 is 8.55. The fourth-order valence-electron chi connectivity index (χ4n) is 0. The number of carbonyl (C=O) groups is 1. The molecule has 0 heterocycles. The molecule has 0 amide bonds.